The van der Waals surface area contributed by atoms with Gasteiger partial charge in [-0.3, -0.25) is 14.7 Å². The van der Waals surface area contributed by atoms with Gasteiger partial charge in [-0.15, -0.1) is 0 Å². The highest BCUT2D eigenvalue weighted by Gasteiger charge is 2.30. The van der Waals surface area contributed by atoms with E-state index in [0.717, 1.165) is 31.7 Å². The third kappa shape index (κ3) is 4.17. The molecule has 2 heterocycles. The Balaban J connectivity index is 1.52. The maximum atomic E-state index is 12.6. The van der Waals surface area contributed by atoms with Gasteiger partial charge in [-0.1, -0.05) is 36.4 Å². The normalized spacial score (nSPS) is 18.0. The average molecular weight is 309 g/mol. The van der Waals surface area contributed by atoms with Gasteiger partial charge in [-0.2, -0.15) is 0 Å². The van der Waals surface area contributed by atoms with Crippen molar-refractivity contribution in [3.05, 3.63) is 66.0 Å². The van der Waals surface area contributed by atoms with Crippen LogP contribution in [0.25, 0.3) is 0 Å². The lowest BCUT2D eigenvalue weighted by atomic mass is 10.1. The van der Waals surface area contributed by atoms with E-state index >= 15 is 0 Å². The van der Waals surface area contributed by atoms with Gasteiger partial charge in [0.2, 0.25) is 5.91 Å². The van der Waals surface area contributed by atoms with Gasteiger partial charge >= 0.3 is 0 Å². The zero-order chi connectivity index (χ0) is 16.1. The van der Waals surface area contributed by atoms with Gasteiger partial charge in [-0.25, -0.2) is 0 Å². The minimum Gasteiger partial charge on any atom is -0.340 e. The number of amides is 1. The quantitative estimate of drug-likeness (QED) is 0.852. The molecular formula is C19H23N3O. The third-order valence-electron chi connectivity index (χ3n) is 4.37. The fourth-order valence-corrected chi connectivity index (χ4v) is 3.14. The van der Waals surface area contributed by atoms with Crippen molar-refractivity contribution in [2.24, 2.45) is 5.92 Å². The molecule has 0 radical (unpaired) electrons. The molecule has 0 bridgehead atoms. The molecule has 4 heteroatoms. The molecule has 0 saturated carbocycles. The van der Waals surface area contributed by atoms with E-state index in [2.05, 4.69) is 34.1 Å². The highest BCUT2D eigenvalue weighted by atomic mass is 16.2. The summed E-state index contributed by atoms with van der Waals surface area (Å²) in [6.45, 7) is 3.34. The van der Waals surface area contributed by atoms with Crippen LogP contribution >= 0.6 is 0 Å². The number of hydrogen-bond donors (Lipinski definition) is 0. The van der Waals surface area contributed by atoms with E-state index in [-0.39, 0.29) is 11.8 Å². The number of likely N-dealkylation sites (tertiary alicyclic amines) is 1. The summed E-state index contributed by atoms with van der Waals surface area (Å²) < 4.78 is 0. The van der Waals surface area contributed by atoms with Crippen LogP contribution in [0, 0.1) is 5.92 Å². The molecular weight excluding hydrogens is 286 g/mol. The van der Waals surface area contributed by atoms with Crippen LogP contribution in [0.3, 0.4) is 0 Å². The zero-order valence-electron chi connectivity index (χ0n) is 13.6. The van der Waals surface area contributed by atoms with Crippen LogP contribution in [0.5, 0.6) is 0 Å². The number of aromatic nitrogens is 1. The lowest BCUT2D eigenvalue weighted by Crippen LogP contribution is -2.34. The van der Waals surface area contributed by atoms with Crippen LogP contribution in [0.15, 0.2) is 54.7 Å². The first-order valence-electron chi connectivity index (χ1n) is 8.13. The smallest absolute Gasteiger partial charge is 0.227 e. The first-order chi connectivity index (χ1) is 11.2. The fourth-order valence-electron chi connectivity index (χ4n) is 3.14. The Hall–Kier alpha value is -2.20. The summed E-state index contributed by atoms with van der Waals surface area (Å²) in [4.78, 5) is 21.1. The number of benzene rings is 1. The molecule has 23 heavy (non-hydrogen) atoms. The summed E-state index contributed by atoms with van der Waals surface area (Å²) >= 11 is 0. The van der Waals surface area contributed by atoms with E-state index in [1.165, 1.54) is 5.56 Å². The number of carbonyl (C=O) groups excluding carboxylic acids is 1. The molecule has 0 spiro atoms. The van der Waals surface area contributed by atoms with Crippen molar-refractivity contribution >= 4 is 5.91 Å². The summed E-state index contributed by atoms with van der Waals surface area (Å²) in [5.41, 5.74) is 2.24. The topological polar surface area (TPSA) is 36.4 Å². The molecule has 1 amide bonds. The second kappa shape index (κ2) is 7.38. The monoisotopic (exact) mass is 309 g/mol. The largest absolute Gasteiger partial charge is 0.340 e. The highest BCUT2D eigenvalue weighted by Crippen LogP contribution is 2.21. The molecule has 1 aliphatic rings. The molecule has 0 N–H and O–H groups in total. The molecule has 1 aliphatic heterocycles. The van der Waals surface area contributed by atoms with Crippen molar-refractivity contribution in [1.29, 1.82) is 0 Å². The maximum Gasteiger partial charge on any atom is 0.227 e. The Morgan fingerprint density at radius 2 is 2.00 bits per heavy atom. The van der Waals surface area contributed by atoms with E-state index < -0.39 is 0 Å². The van der Waals surface area contributed by atoms with E-state index in [4.69, 9.17) is 0 Å². The Kier molecular flexibility index (Phi) is 5.03. The van der Waals surface area contributed by atoms with Gasteiger partial charge in [-0.05, 0) is 30.7 Å². The van der Waals surface area contributed by atoms with Crippen LogP contribution < -0.4 is 0 Å². The molecule has 1 saturated heterocycles. The molecule has 3 rings (SSSR count). The Morgan fingerprint density at radius 3 is 2.74 bits per heavy atom. The van der Waals surface area contributed by atoms with Crippen molar-refractivity contribution in [2.45, 2.75) is 19.5 Å². The van der Waals surface area contributed by atoms with Crippen LogP contribution in [-0.2, 0) is 17.9 Å². The van der Waals surface area contributed by atoms with Crippen molar-refractivity contribution in [3.8, 4) is 0 Å². The van der Waals surface area contributed by atoms with Crippen molar-refractivity contribution in [3.63, 3.8) is 0 Å². The van der Waals surface area contributed by atoms with E-state index in [1.54, 1.807) is 11.1 Å². The number of nitrogens with zero attached hydrogens (tertiary/aromatic N) is 3. The molecule has 120 valence electrons. The molecule has 1 atom stereocenters. The SMILES string of the molecule is CN(Cc1ccccn1)C(=O)[C@H]1CCN(Cc2ccccc2)C1. The molecule has 4 nitrogen and oxygen atoms in total. The van der Waals surface area contributed by atoms with E-state index in [0.29, 0.717) is 6.54 Å². The van der Waals surface area contributed by atoms with Crippen molar-refractivity contribution < 1.29 is 4.79 Å². The second-order valence-electron chi connectivity index (χ2n) is 6.22. The first-order valence-corrected chi connectivity index (χ1v) is 8.13. The lowest BCUT2D eigenvalue weighted by molar-refractivity contribution is -0.134. The third-order valence-corrected chi connectivity index (χ3v) is 4.37. The number of hydrogen-bond acceptors (Lipinski definition) is 3. The van der Waals surface area contributed by atoms with Crippen LogP contribution in [0.1, 0.15) is 17.7 Å². The fraction of sp³-hybridized carbons (Fsp3) is 0.368. The Labute approximate surface area is 137 Å². The first kappa shape index (κ1) is 15.7. The number of rotatable bonds is 5. The minimum absolute atomic E-state index is 0.104. The summed E-state index contributed by atoms with van der Waals surface area (Å²) in [7, 11) is 1.87. The summed E-state index contributed by atoms with van der Waals surface area (Å²) in [5, 5.41) is 0. The summed E-state index contributed by atoms with van der Waals surface area (Å²) in [6.07, 6.45) is 2.71. The van der Waals surface area contributed by atoms with E-state index in [9.17, 15) is 4.79 Å². The predicted octanol–water partition coefficient (Wildman–Crippen LogP) is 2.56. The summed E-state index contributed by atoms with van der Waals surface area (Å²) in [6, 6.07) is 16.3. The molecule has 2 aromatic rings. The molecule has 0 unspecified atom stereocenters. The molecule has 1 fully saturated rings. The average Bonchev–Trinajstić information content (AvgIpc) is 3.04. The minimum atomic E-state index is 0.104. The predicted molar refractivity (Wildman–Crippen MR) is 90.5 cm³/mol. The highest BCUT2D eigenvalue weighted by molar-refractivity contribution is 5.79. The van der Waals surface area contributed by atoms with Gasteiger partial charge in [0.05, 0.1) is 18.2 Å². The van der Waals surface area contributed by atoms with Crippen LogP contribution in [-0.4, -0.2) is 40.8 Å². The zero-order valence-corrected chi connectivity index (χ0v) is 13.6. The molecule has 0 aliphatic carbocycles. The van der Waals surface area contributed by atoms with E-state index in [1.807, 2.05) is 31.3 Å². The van der Waals surface area contributed by atoms with Gasteiger partial charge in [0.1, 0.15) is 0 Å². The van der Waals surface area contributed by atoms with Gasteiger partial charge in [0.15, 0.2) is 0 Å². The number of pyridine rings is 1. The van der Waals surface area contributed by atoms with Crippen LogP contribution in [0.4, 0.5) is 0 Å². The lowest BCUT2D eigenvalue weighted by Gasteiger charge is -2.21. The Morgan fingerprint density at radius 1 is 1.22 bits per heavy atom. The van der Waals surface area contributed by atoms with Crippen LogP contribution in [0.2, 0.25) is 0 Å². The molecule has 1 aromatic heterocycles. The maximum absolute atomic E-state index is 12.6. The molecule has 1 aromatic carbocycles. The standard InChI is InChI=1S/C19H23N3O/c1-21(15-18-9-5-6-11-20-18)19(23)17-10-12-22(14-17)13-16-7-3-2-4-8-16/h2-9,11,17H,10,12-15H2,1H3/t17-/m0/s1. The Bertz CT molecular complexity index is 630. The summed E-state index contributed by atoms with van der Waals surface area (Å²) in [5.74, 6) is 0.332. The van der Waals surface area contributed by atoms with Gasteiger partial charge in [0, 0.05) is 26.3 Å². The van der Waals surface area contributed by atoms with Gasteiger partial charge in [0.25, 0.3) is 0 Å². The van der Waals surface area contributed by atoms with Gasteiger partial charge < -0.3 is 4.90 Å². The van der Waals surface area contributed by atoms with Crippen molar-refractivity contribution in [1.82, 2.24) is 14.8 Å². The number of carbonyl (C=O) groups is 1. The second-order valence-corrected chi connectivity index (χ2v) is 6.22. The van der Waals surface area contributed by atoms with Crippen molar-refractivity contribution in [2.75, 3.05) is 20.1 Å².